The van der Waals surface area contributed by atoms with E-state index in [0.717, 1.165) is 18.8 Å². The summed E-state index contributed by atoms with van der Waals surface area (Å²) >= 11 is 0. The van der Waals surface area contributed by atoms with Gasteiger partial charge in [-0.05, 0) is 31.6 Å². The Morgan fingerprint density at radius 1 is 1.48 bits per heavy atom. The molecule has 1 N–H and O–H groups in total. The summed E-state index contributed by atoms with van der Waals surface area (Å²) in [4.78, 5) is 14.2. The maximum absolute atomic E-state index is 10.7. The maximum atomic E-state index is 10.7. The Hall–Kier alpha value is -2.16. The number of aromatic nitrogens is 1. The predicted octanol–water partition coefficient (Wildman–Crippen LogP) is 3.63. The Morgan fingerprint density at radius 3 is 2.76 bits per heavy atom. The third kappa shape index (κ3) is 3.91. The molecule has 1 aromatic rings. The van der Waals surface area contributed by atoms with Crippen molar-refractivity contribution in [3.8, 4) is 6.07 Å². The first-order valence-corrected chi connectivity index (χ1v) is 7.45. The minimum Gasteiger partial charge on any atom is -0.366 e. The van der Waals surface area contributed by atoms with Crippen molar-refractivity contribution in [3.05, 3.63) is 27.9 Å². The van der Waals surface area contributed by atoms with Gasteiger partial charge in [-0.3, -0.25) is 10.1 Å². The van der Waals surface area contributed by atoms with Gasteiger partial charge in [0.1, 0.15) is 23.6 Å². The minimum atomic E-state index is -0.534. The molecular formula is C15H20N4O2. The van der Waals surface area contributed by atoms with Gasteiger partial charge in [-0.25, -0.2) is 4.98 Å². The normalized spacial score (nSPS) is 21.5. The Morgan fingerprint density at radius 2 is 2.19 bits per heavy atom. The van der Waals surface area contributed by atoms with Gasteiger partial charge in [-0.1, -0.05) is 19.8 Å². The van der Waals surface area contributed by atoms with Crippen LogP contribution >= 0.6 is 0 Å². The van der Waals surface area contributed by atoms with Crippen LogP contribution in [0, 0.1) is 27.4 Å². The molecule has 1 aromatic heterocycles. The van der Waals surface area contributed by atoms with Gasteiger partial charge in [-0.15, -0.1) is 0 Å². The summed E-state index contributed by atoms with van der Waals surface area (Å²) in [6.07, 6.45) is 8.23. The Labute approximate surface area is 124 Å². The maximum Gasteiger partial charge on any atom is 0.289 e. The van der Waals surface area contributed by atoms with Crippen LogP contribution in [0.4, 0.5) is 11.5 Å². The lowest BCUT2D eigenvalue weighted by molar-refractivity contribution is -0.385. The number of anilines is 1. The lowest BCUT2D eigenvalue weighted by Gasteiger charge is -2.29. The number of nitrogens with zero attached hydrogens (tertiary/aromatic N) is 3. The lowest BCUT2D eigenvalue weighted by atomic mass is 9.83. The Balaban J connectivity index is 2.01. The van der Waals surface area contributed by atoms with Crippen LogP contribution in [0.3, 0.4) is 0 Å². The van der Waals surface area contributed by atoms with Crippen LogP contribution in [0.5, 0.6) is 0 Å². The van der Waals surface area contributed by atoms with Crippen molar-refractivity contribution in [2.75, 3.05) is 5.32 Å². The smallest absolute Gasteiger partial charge is 0.289 e. The van der Waals surface area contributed by atoms with E-state index in [1.54, 1.807) is 0 Å². The van der Waals surface area contributed by atoms with E-state index in [4.69, 9.17) is 5.26 Å². The molecule has 6 nitrogen and oxygen atoms in total. The second-order valence-corrected chi connectivity index (χ2v) is 5.61. The van der Waals surface area contributed by atoms with E-state index in [9.17, 15) is 10.1 Å². The number of rotatable bonds is 5. The van der Waals surface area contributed by atoms with E-state index in [2.05, 4.69) is 17.2 Å². The molecule has 6 heteroatoms. The summed E-state index contributed by atoms with van der Waals surface area (Å²) in [5.41, 5.74) is 0.0867. The fourth-order valence-electron chi connectivity index (χ4n) is 2.95. The van der Waals surface area contributed by atoms with E-state index in [-0.39, 0.29) is 11.3 Å². The molecule has 1 aliphatic carbocycles. The molecule has 0 radical (unpaired) electrons. The zero-order valence-corrected chi connectivity index (χ0v) is 12.2. The van der Waals surface area contributed by atoms with E-state index in [0.29, 0.717) is 11.9 Å². The highest BCUT2D eigenvalue weighted by Crippen LogP contribution is 2.30. The Bertz CT molecular complexity index is 545. The number of nitriles is 1. The number of pyridine rings is 1. The second kappa shape index (κ2) is 7.02. The number of hydrogen-bond acceptors (Lipinski definition) is 5. The quantitative estimate of drug-likeness (QED) is 0.659. The molecule has 1 saturated carbocycles. The molecule has 0 saturated heterocycles. The fraction of sp³-hybridized carbons (Fsp3) is 0.600. The zero-order chi connectivity index (χ0) is 15.2. The predicted molar refractivity (Wildman–Crippen MR) is 79.9 cm³/mol. The van der Waals surface area contributed by atoms with Gasteiger partial charge in [0.05, 0.1) is 4.92 Å². The first-order chi connectivity index (χ1) is 10.1. The summed E-state index contributed by atoms with van der Waals surface area (Å²) < 4.78 is 0. The molecule has 1 fully saturated rings. The van der Waals surface area contributed by atoms with Crippen LogP contribution in [0.1, 0.15) is 51.0 Å². The van der Waals surface area contributed by atoms with Gasteiger partial charge in [-0.2, -0.15) is 5.26 Å². The van der Waals surface area contributed by atoms with Gasteiger partial charge < -0.3 is 5.32 Å². The fourth-order valence-corrected chi connectivity index (χ4v) is 2.95. The number of hydrogen-bond donors (Lipinski definition) is 1. The Kier molecular flexibility index (Phi) is 5.09. The van der Waals surface area contributed by atoms with Crippen molar-refractivity contribution in [2.45, 2.75) is 51.5 Å². The van der Waals surface area contributed by atoms with Crippen LogP contribution in [0.25, 0.3) is 0 Å². The standard InChI is InChI=1S/C15H20N4O2/c1-2-3-11-4-6-13(7-5-11)18-15-12(9-16)8-14(10-17-15)19(20)21/h8,10-11,13H,2-7H2,1H3,(H,17,18). The lowest BCUT2D eigenvalue weighted by Crippen LogP contribution is -2.26. The molecule has 0 bridgehead atoms. The van der Waals surface area contributed by atoms with Crippen LogP contribution < -0.4 is 5.32 Å². The van der Waals surface area contributed by atoms with Crippen molar-refractivity contribution in [1.29, 1.82) is 5.26 Å². The summed E-state index contributed by atoms with van der Waals surface area (Å²) in [6.45, 7) is 2.21. The highest BCUT2D eigenvalue weighted by molar-refractivity contribution is 5.56. The summed E-state index contributed by atoms with van der Waals surface area (Å²) in [7, 11) is 0. The first-order valence-electron chi connectivity index (χ1n) is 7.45. The van der Waals surface area contributed by atoms with Gasteiger partial charge >= 0.3 is 0 Å². The van der Waals surface area contributed by atoms with Crippen LogP contribution in [-0.4, -0.2) is 15.9 Å². The molecule has 0 amide bonds. The number of nitrogens with one attached hydrogen (secondary N) is 1. The summed E-state index contributed by atoms with van der Waals surface area (Å²) in [5.74, 6) is 1.27. The molecule has 0 unspecified atom stereocenters. The number of nitro groups is 1. The van der Waals surface area contributed by atoms with E-state index < -0.39 is 4.92 Å². The van der Waals surface area contributed by atoms with Crippen molar-refractivity contribution >= 4 is 11.5 Å². The average molecular weight is 288 g/mol. The van der Waals surface area contributed by atoms with Gasteiger partial charge in [0.15, 0.2) is 0 Å². The van der Waals surface area contributed by atoms with Crippen molar-refractivity contribution in [1.82, 2.24) is 4.98 Å². The van der Waals surface area contributed by atoms with Crippen LogP contribution in [0.2, 0.25) is 0 Å². The summed E-state index contributed by atoms with van der Waals surface area (Å²) in [5, 5.41) is 23.1. The van der Waals surface area contributed by atoms with Crippen LogP contribution in [-0.2, 0) is 0 Å². The molecule has 0 aromatic carbocycles. The highest BCUT2D eigenvalue weighted by atomic mass is 16.6. The summed E-state index contributed by atoms with van der Waals surface area (Å²) in [6, 6.07) is 3.56. The van der Waals surface area contributed by atoms with Crippen molar-refractivity contribution in [3.63, 3.8) is 0 Å². The topological polar surface area (TPSA) is 91.8 Å². The minimum absolute atomic E-state index is 0.149. The zero-order valence-electron chi connectivity index (χ0n) is 12.2. The van der Waals surface area contributed by atoms with E-state index >= 15 is 0 Å². The molecular weight excluding hydrogens is 268 g/mol. The van der Waals surface area contributed by atoms with Gasteiger partial charge in [0.2, 0.25) is 0 Å². The van der Waals surface area contributed by atoms with E-state index in [1.807, 2.05) is 6.07 Å². The molecule has 0 spiro atoms. The molecule has 0 atom stereocenters. The van der Waals surface area contributed by atoms with E-state index in [1.165, 1.54) is 37.9 Å². The van der Waals surface area contributed by atoms with Gasteiger partial charge in [0, 0.05) is 12.1 Å². The molecule has 1 heterocycles. The molecule has 1 aliphatic rings. The average Bonchev–Trinajstić information content (AvgIpc) is 2.49. The third-order valence-electron chi connectivity index (χ3n) is 4.09. The molecule has 112 valence electrons. The van der Waals surface area contributed by atoms with Crippen LogP contribution in [0.15, 0.2) is 12.3 Å². The van der Waals surface area contributed by atoms with Crippen molar-refractivity contribution < 1.29 is 4.92 Å². The third-order valence-corrected chi connectivity index (χ3v) is 4.09. The van der Waals surface area contributed by atoms with Crippen molar-refractivity contribution in [2.24, 2.45) is 5.92 Å². The second-order valence-electron chi connectivity index (χ2n) is 5.61. The molecule has 2 rings (SSSR count). The van der Waals surface area contributed by atoms with Gasteiger partial charge in [0.25, 0.3) is 5.69 Å². The SMILES string of the molecule is CCCC1CCC(Nc2ncc([N+](=O)[O-])cc2C#N)CC1. The largest absolute Gasteiger partial charge is 0.366 e. The molecule has 0 aliphatic heterocycles. The highest BCUT2D eigenvalue weighted by Gasteiger charge is 2.22. The monoisotopic (exact) mass is 288 g/mol. The first kappa shape index (κ1) is 15.2. The molecule has 21 heavy (non-hydrogen) atoms.